The fourth-order valence-electron chi connectivity index (χ4n) is 2.23. The average Bonchev–Trinajstić information content (AvgIpc) is 2.72. The zero-order chi connectivity index (χ0) is 14.2. The summed E-state index contributed by atoms with van der Waals surface area (Å²) in [4.78, 5) is 14.8. The zero-order valence-electron chi connectivity index (χ0n) is 10.8. The Morgan fingerprint density at radius 2 is 2.26 bits per heavy atom. The number of aliphatic hydroxyl groups is 2. The molecular weight excluding hydrogens is 254 g/mol. The second kappa shape index (κ2) is 5.43. The van der Waals surface area contributed by atoms with Gasteiger partial charge in [0.2, 0.25) is 0 Å². The Labute approximate surface area is 111 Å². The van der Waals surface area contributed by atoms with E-state index in [1.807, 2.05) is 0 Å². The number of ether oxygens (including phenoxy) is 2. The van der Waals surface area contributed by atoms with Gasteiger partial charge >= 0.3 is 6.03 Å². The van der Waals surface area contributed by atoms with Crippen LogP contribution in [0.2, 0.25) is 0 Å². The molecule has 1 saturated heterocycles. The summed E-state index contributed by atoms with van der Waals surface area (Å²) in [7, 11) is 2.98. The normalized spacial score (nSPS) is 39.2. The Bertz CT molecular complexity index is 377. The average molecular weight is 273 g/mol. The molecule has 0 aromatic rings. The molecule has 2 rings (SSSR count). The van der Waals surface area contributed by atoms with Crippen molar-refractivity contribution in [2.75, 3.05) is 20.8 Å². The molecular formula is C11H19N3O5. The highest BCUT2D eigenvalue weighted by Crippen LogP contribution is 2.28. The van der Waals surface area contributed by atoms with Gasteiger partial charge in [0, 0.05) is 20.4 Å². The van der Waals surface area contributed by atoms with Crippen molar-refractivity contribution >= 4 is 6.03 Å². The van der Waals surface area contributed by atoms with Crippen LogP contribution in [0, 0.1) is 0 Å². The number of rotatable bonds is 3. The topological polar surface area (TPSA) is 108 Å². The first-order chi connectivity index (χ1) is 9.01. The van der Waals surface area contributed by atoms with Crippen LogP contribution in [0.25, 0.3) is 0 Å². The van der Waals surface area contributed by atoms with Crippen LogP contribution in [-0.4, -0.2) is 77.5 Å². The van der Waals surface area contributed by atoms with Crippen LogP contribution in [0.4, 0.5) is 4.79 Å². The summed E-state index contributed by atoms with van der Waals surface area (Å²) in [6, 6.07) is -0.354. The zero-order valence-corrected chi connectivity index (χ0v) is 10.8. The monoisotopic (exact) mass is 273 g/mol. The molecule has 8 heteroatoms. The molecule has 1 fully saturated rings. The van der Waals surface area contributed by atoms with Gasteiger partial charge < -0.3 is 30.3 Å². The lowest BCUT2D eigenvalue weighted by Gasteiger charge is -2.37. The molecule has 0 saturated carbocycles. The molecule has 0 aromatic heterocycles. The minimum Gasteiger partial charge on any atom is -0.394 e. The summed E-state index contributed by atoms with van der Waals surface area (Å²) in [6.07, 6.45) is -0.653. The van der Waals surface area contributed by atoms with Crippen LogP contribution >= 0.6 is 0 Å². The highest BCUT2D eigenvalue weighted by molar-refractivity contribution is 5.77. The highest BCUT2D eigenvalue weighted by atomic mass is 16.6. The molecule has 0 radical (unpaired) electrons. The van der Waals surface area contributed by atoms with E-state index in [2.05, 4.69) is 0 Å². The molecule has 2 aliphatic heterocycles. The quantitative estimate of drug-likeness (QED) is 0.562. The Morgan fingerprint density at radius 3 is 2.84 bits per heavy atom. The molecule has 2 heterocycles. The molecule has 5 atom stereocenters. The molecule has 8 nitrogen and oxygen atoms in total. The Morgan fingerprint density at radius 1 is 1.58 bits per heavy atom. The second-order valence-electron chi connectivity index (χ2n) is 4.57. The number of nitrogens with two attached hydrogens (primary N) is 1. The van der Waals surface area contributed by atoms with Crippen LogP contribution in [0.5, 0.6) is 0 Å². The summed E-state index contributed by atoms with van der Waals surface area (Å²) in [5.41, 5.74) is 5.71. The maximum absolute atomic E-state index is 12.1. The molecule has 0 bridgehead atoms. The summed E-state index contributed by atoms with van der Waals surface area (Å²) in [5.74, 6) is 0. The van der Waals surface area contributed by atoms with E-state index in [1.54, 1.807) is 13.1 Å². The molecule has 4 N–H and O–H groups in total. The summed E-state index contributed by atoms with van der Waals surface area (Å²) in [5, 5.41) is 19.1. The van der Waals surface area contributed by atoms with Gasteiger partial charge in [0.15, 0.2) is 6.23 Å². The second-order valence-corrected chi connectivity index (χ2v) is 4.57. The minimum absolute atomic E-state index is 0.349. The number of amides is 2. The van der Waals surface area contributed by atoms with E-state index >= 15 is 0 Å². The van der Waals surface area contributed by atoms with Gasteiger partial charge in [-0.25, -0.2) is 4.79 Å². The van der Waals surface area contributed by atoms with Crippen molar-refractivity contribution in [3.8, 4) is 0 Å². The van der Waals surface area contributed by atoms with Crippen molar-refractivity contribution in [1.29, 1.82) is 0 Å². The smallest absolute Gasteiger partial charge is 0.327 e. The lowest BCUT2D eigenvalue weighted by molar-refractivity contribution is -0.0778. The molecule has 108 valence electrons. The third-order valence-corrected chi connectivity index (χ3v) is 3.45. The first-order valence-corrected chi connectivity index (χ1v) is 5.97. The molecule has 19 heavy (non-hydrogen) atoms. The van der Waals surface area contributed by atoms with E-state index in [0.717, 1.165) is 0 Å². The summed E-state index contributed by atoms with van der Waals surface area (Å²) < 4.78 is 10.6. The Hall–Kier alpha value is -1.19. The van der Waals surface area contributed by atoms with Gasteiger partial charge in [-0.3, -0.25) is 4.90 Å². The largest absolute Gasteiger partial charge is 0.394 e. The van der Waals surface area contributed by atoms with Gasteiger partial charge in [0.05, 0.1) is 6.61 Å². The van der Waals surface area contributed by atoms with Gasteiger partial charge in [-0.05, 0) is 6.08 Å². The number of nitrogens with zero attached hydrogens (tertiary/aromatic N) is 2. The maximum atomic E-state index is 12.1. The van der Waals surface area contributed by atoms with Crippen LogP contribution < -0.4 is 5.73 Å². The van der Waals surface area contributed by atoms with Crippen molar-refractivity contribution in [3.63, 3.8) is 0 Å². The molecule has 0 spiro atoms. The fourth-order valence-corrected chi connectivity index (χ4v) is 2.23. The summed E-state index contributed by atoms with van der Waals surface area (Å²) in [6.45, 7) is -0.349. The van der Waals surface area contributed by atoms with Gasteiger partial charge in [0.1, 0.15) is 24.5 Å². The Balaban J connectivity index is 2.21. The minimum atomic E-state index is -0.998. The molecule has 0 aromatic carbocycles. The van der Waals surface area contributed by atoms with Crippen LogP contribution in [0.3, 0.4) is 0 Å². The number of carbonyl (C=O) groups excluding carboxylic acids is 1. The number of hydrogen-bond donors (Lipinski definition) is 3. The number of urea groups is 1. The van der Waals surface area contributed by atoms with Crippen molar-refractivity contribution in [2.24, 2.45) is 5.73 Å². The standard InChI is InChI=1S/C11H19N3O5/c1-13-7(12)3-4-14(11(13)17)10-9(18-2)8(16)6(5-15)19-10/h3-4,6-10,15-16H,5,12H2,1-2H3. The van der Waals surface area contributed by atoms with Gasteiger partial charge in [-0.2, -0.15) is 0 Å². The maximum Gasteiger partial charge on any atom is 0.327 e. The molecule has 5 unspecified atom stereocenters. The number of aliphatic hydroxyl groups excluding tert-OH is 2. The van der Waals surface area contributed by atoms with Crippen molar-refractivity contribution < 1.29 is 24.5 Å². The van der Waals surface area contributed by atoms with Crippen molar-refractivity contribution in [1.82, 2.24) is 9.80 Å². The van der Waals surface area contributed by atoms with Crippen LogP contribution in [-0.2, 0) is 9.47 Å². The SMILES string of the molecule is COC1C(O)C(CO)OC1N1C=CC(N)N(C)C1=O. The fraction of sp³-hybridized carbons (Fsp3) is 0.727. The van der Waals surface area contributed by atoms with Crippen LogP contribution in [0.15, 0.2) is 12.3 Å². The lowest BCUT2D eigenvalue weighted by Crippen LogP contribution is -2.56. The Kier molecular flexibility index (Phi) is 4.07. The molecule has 2 aliphatic rings. The summed E-state index contributed by atoms with van der Waals surface area (Å²) >= 11 is 0. The van der Waals surface area contributed by atoms with E-state index < -0.39 is 30.7 Å². The van der Waals surface area contributed by atoms with Crippen molar-refractivity contribution in [3.05, 3.63) is 12.3 Å². The van der Waals surface area contributed by atoms with E-state index in [-0.39, 0.29) is 12.6 Å². The van der Waals surface area contributed by atoms with E-state index in [0.29, 0.717) is 0 Å². The highest BCUT2D eigenvalue weighted by Gasteiger charge is 2.48. The van der Waals surface area contributed by atoms with Gasteiger partial charge in [-0.1, -0.05) is 0 Å². The van der Waals surface area contributed by atoms with E-state index in [4.69, 9.17) is 20.3 Å². The number of hydrogen-bond acceptors (Lipinski definition) is 6. The van der Waals surface area contributed by atoms with Gasteiger partial charge in [0.25, 0.3) is 0 Å². The van der Waals surface area contributed by atoms with Crippen LogP contribution in [0.1, 0.15) is 0 Å². The number of carbonyl (C=O) groups is 1. The first-order valence-electron chi connectivity index (χ1n) is 5.97. The lowest BCUT2D eigenvalue weighted by atomic mass is 10.1. The third kappa shape index (κ3) is 2.33. The van der Waals surface area contributed by atoms with Gasteiger partial charge in [-0.15, -0.1) is 0 Å². The predicted octanol–water partition coefficient (Wildman–Crippen LogP) is -1.75. The first kappa shape index (κ1) is 14.2. The van der Waals surface area contributed by atoms with E-state index in [1.165, 1.54) is 23.1 Å². The molecule has 0 aliphatic carbocycles. The number of methoxy groups -OCH3 is 1. The molecule has 2 amide bonds. The van der Waals surface area contributed by atoms with Crippen molar-refractivity contribution in [2.45, 2.75) is 30.7 Å². The predicted molar refractivity (Wildman–Crippen MR) is 64.7 cm³/mol. The third-order valence-electron chi connectivity index (χ3n) is 3.45. The number of likely N-dealkylation sites (N-methyl/N-ethyl adjacent to an activating group) is 1. The van der Waals surface area contributed by atoms with E-state index in [9.17, 15) is 9.90 Å².